The second kappa shape index (κ2) is 4.59. The highest BCUT2D eigenvalue weighted by Crippen LogP contribution is 2.44. The van der Waals surface area contributed by atoms with Gasteiger partial charge in [-0.25, -0.2) is 4.39 Å². The molecule has 2 atom stereocenters. The lowest BCUT2D eigenvalue weighted by Crippen LogP contribution is -2.38. The zero-order valence-corrected chi connectivity index (χ0v) is 10.6. The summed E-state index contributed by atoms with van der Waals surface area (Å²) in [6.07, 6.45) is 3.32. The van der Waals surface area contributed by atoms with E-state index in [9.17, 15) is 9.50 Å². The average Bonchev–Trinajstić information content (AvgIpc) is 2.72. The van der Waals surface area contributed by atoms with Crippen molar-refractivity contribution in [2.45, 2.75) is 49.9 Å². The third-order valence-corrected chi connectivity index (χ3v) is 4.18. The third-order valence-electron chi connectivity index (χ3n) is 4.18. The van der Waals surface area contributed by atoms with Gasteiger partial charge in [-0.05, 0) is 30.5 Å². The molecule has 0 amide bonds. The maximum atomic E-state index is 13.6. The molecule has 4 heteroatoms. The number of fused-ring (bicyclic) bond motifs is 2. The molecule has 3 rings (SSSR count). The van der Waals surface area contributed by atoms with E-state index in [1.807, 2.05) is 6.07 Å². The van der Waals surface area contributed by atoms with Gasteiger partial charge in [0.2, 0.25) is 0 Å². The maximum absolute atomic E-state index is 13.6. The molecule has 0 spiro atoms. The van der Waals surface area contributed by atoms with Crippen molar-refractivity contribution in [3.63, 3.8) is 0 Å². The van der Waals surface area contributed by atoms with Crippen LogP contribution in [0.3, 0.4) is 0 Å². The van der Waals surface area contributed by atoms with E-state index in [2.05, 4.69) is 0 Å². The zero-order chi connectivity index (χ0) is 13.5. The molecule has 0 saturated carbocycles. The molecule has 0 radical (unpaired) electrons. The Morgan fingerprint density at radius 1 is 1.37 bits per heavy atom. The first-order valence-electron chi connectivity index (χ1n) is 6.64. The lowest BCUT2D eigenvalue weighted by Gasteiger charge is -2.37. The third kappa shape index (κ3) is 2.24. The van der Waals surface area contributed by atoms with Gasteiger partial charge in [0, 0.05) is 18.4 Å². The van der Waals surface area contributed by atoms with Crippen molar-refractivity contribution in [1.29, 1.82) is 5.26 Å². The fraction of sp³-hybridized carbons (Fsp3) is 0.533. The number of nitrogens with zero attached hydrogens (tertiary/aromatic N) is 1. The molecule has 1 aromatic carbocycles. The fourth-order valence-electron chi connectivity index (χ4n) is 3.24. The van der Waals surface area contributed by atoms with Gasteiger partial charge in [0.1, 0.15) is 5.82 Å². The molecule has 2 aliphatic heterocycles. The number of rotatable bonds is 2. The summed E-state index contributed by atoms with van der Waals surface area (Å²) in [5, 5.41) is 19.5. The van der Waals surface area contributed by atoms with Gasteiger partial charge in [-0.1, -0.05) is 6.07 Å². The quantitative estimate of drug-likeness (QED) is 0.889. The van der Waals surface area contributed by atoms with Crippen molar-refractivity contribution in [2.75, 3.05) is 0 Å². The highest BCUT2D eigenvalue weighted by molar-refractivity contribution is 5.32. The van der Waals surface area contributed by atoms with Gasteiger partial charge in [0.05, 0.1) is 30.3 Å². The van der Waals surface area contributed by atoms with E-state index in [0.717, 1.165) is 12.8 Å². The first-order valence-corrected chi connectivity index (χ1v) is 6.64. The standard InChI is InChI=1S/C15H16FNO2/c16-14-4-1-11(7-10(14)5-6-17)15(18)8-12-2-3-13(9-15)19-12/h1,4,7,12-13,18H,2-3,5,8-9H2. The van der Waals surface area contributed by atoms with Crippen molar-refractivity contribution in [3.05, 3.63) is 35.1 Å². The van der Waals surface area contributed by atoms with Gasteiger partial charge < -0.3 is 9.84 Å². The van der Waals surface area contributed by atoms with Crippen LogP contribution in [0.1, 0.15) is 36.8 Å². The fourth-order valence-corrected chi connectivity index (χ4v) is 3.24. The smallest absolute Gasteiger partial charge is 0.127 e. The van der Waals surface area contributed by atoms with Gasteiger partial charge in [-0.3, -0.25) is 0 Å². The molecule has 19 heavy (non-hydrogen) atoms. The second-order valence-corrected chi connectivity index (χ2v) is 5.54. The van der Waals surface area contributed by atoms with E-state index in [-0.39, 0.29) is 24.4 Å². The van der Waals surface area contributed by atoms with Crippen LogP contribution in [-0.4, -0.2) is 17.3 Å². The molecule has 2 aliphatic rings. The summed E-state index contributed by atoms with van der Waals surface area (Å²) in [6.45, 7) is 0. The van der Waals surface area contributed by atoms with Crippen LogP contribution in [0.15, 0.2) is 18.2 Å². The number of ether oxygens (including phenoxy) is 1. The van der Waals surface area contributed by atoms with Crippen LogP contribution in [0.25, 0.3) is 0 Å². The van der Waals surface area contributed by atoms with Crippen LogP contribution in [0.4, 0.5) is 4.39 Å². The number of hydrogen-bond donors (Lipinski definition) is 1. The lowest BCUT2D eigenvalue weighted by atomic mass is 9.82. The summed E-state index contributed by atoms with van der Waals surface area (Å²) in [5.74, 6) is -0.385. The van der Waals surface area contributed by atoms with E-state index in [0.29, 0.717) is 24.0 Å². The van der Waals surface area contributed by atoms with E-state index in [1.165, 1.54) is 6.07 Å². The van der Waals surface area contributed by atoms with Crippen molar-refractivity contribution in [1.82, 2.24) is 0 Å². The van der Waals surface area contributed by atoms with Crippen molar-refractivity contribution in [3.8, 4) is 6.07 Å². The Bertz CT molecular complexity index is 525. The van der Waals surface area contributed by atoms with Crippen LogP contribution in [0.5, 0.6) is 0 Å². The van der Waals surface area contributed by atoms with E-state index >= 15 is 0 Å². The van der Waals surface area contributed by atoms with Gasteiger partial charge in [0.25, 0.3) is 0 Å². The predicted molar refractivity (Wildman–Crippen MR) is 66.7 cm³/mol. The predicted octanol–water partition coefficient (Wildman–Crippen LogP) is 2.42. The van der Waals surface area contributed by atoms with Gasteiger partial charge in [-0.2, -0.15) is 5.26 Å². The Labute approximate surface area is 111 Å². The molecule has 3 nitrogen and oxygen atoms in total. The monoisotopic (exact) mass is 261 g/mol. The number of nitriles is 1. The summed E-state index contributed by atoms with van der Waals surface area (Å²) in [5.41, 5.74) is 0.119. The lowest BCUT2D eigenvalue weighted by molar-refractivity contribution is -0.115. The largest absolute Gasteiger partial charge is 0.385 e. The van der Waals surface area contributed by atoms with Crippen LogP contribution in [0.2, 0.25) is 0 Å². The first-order chi connectivity index (χ1) is 9.10. The summed E-state index contributed by atoms with van der Waals surface area (Å²) in [4.78, 5) is 0. The van der Waals surface area contributed by atoms with E-state index < -0.39 is 5.60 Å². The van der Waals surface area contributed by atoms with Gasteiger partial charge >= 0.3 is 0 Å². The highest BCUT2D eigenvalue weighted by Gasteiger charge is 2.44. The van der Waals surface area contributed by atoms with Crippen molar-refractivity contribution >= 4 is 0 Å². The minimum Gasteiger partial charge on any atom is -0.385 e. The molecule has 1 aromatic rings. The van der Waals surface area contributed by atoms with Crippen LogP contribution in [0, 0.1) is 17.1 Å². The topological polar surface area (TPSA) is 53.2 Å². The first kappa shape index (κ1) is 12.6. The Hall–Kier alpha value is -1.44. The normalized spacial score (nSPS) is 33.1. The summed E-state index contributed by atoms with van der Waals surface area (Å²) in [6, 6.07) is 6.55. The van der Waals surface area contributed by atoms with E-state index in [1.54, 1.807) is 12.1 Å². The molecular weight excluding hydrogens is 245 g/mol. The number of benzene rings is 1. The Morgan fingerprint density at radius 2 is 2.05 bits per heavy atom. The Balaban J connectivity index is 1.93. The van der Waals surface area contributed by atoms with Gasteiger partial charge in [-0.15, -0.1) is 0 Å². The molecule has 2 bridgehead atoms. The number of halogens is 1. The summed E-state index contributed by atoms with van der Waals surface area (Å²) < 4.78 is 19.3. The molecule has 1 N–H and O–H groups in total. The van der Waals surface area contributed by atoms with Crippen LogP contribution in [-0.2, 0) is 16.8 Å². The molecule has 2 fully saturated rings. The van der Waals surface area contributed by atoms with Gasteiger partial charge in [0.15, 0.2) is 0 Å². The number of hydrogen-bond acceptors (Lipinski definition) is 3. The number of aliphatic hydroxyl groups is 1. The highest BCUT2D eigenvalue weighted by atomic mass is 19.1. The zero-order valence-electron chi connectivity index (χ0n) is 10.6. The second-order valence-electron chi connectivity index (χ2n) is 5.54. The molecule has 2 saturated heterocycles. The SMILES string of the molecule is N#CCc1cc(C2(O)CC3CCC(C2)O3)ccc1F. The van der Waals surface area contributed by atoms with Crippen molar-refractivity contribution < 1.29 is 14.2 Å². The molecule has 2 heterocycles. The molecular formula is C15H16FNO2. The molecule has 0 aliphatic carbocycles. The Kier molecular flexibility index (Phi) is 3.04. The summed E-state index contributed by atoms with van der Waals surface area (Å²) in [7, 11) is 0. The van der Waals surface area contributed by atoms with Crippen LogP contribution < -0.4 is 0 Å². The molecule has 2 unspecified atom stereocenters. The van der Waals surface area contributed by atoms with E-state index in [4.69, 9.17) is 10.00 Å². The maximum Gasteiger partial charge on any atom is 0.127 e. The minimum absolute atomic E-state index is 0.0269. The minimum atomic E-state index is -0.942. The average molecular weight is 261 g/mol. The Morgan fingerprint density at radius 3 is 2.68 bits per heavy atom. The molecule has 0 aromatic heterocycles. The molecule has 100 valence electrons. The van der Waals surface area contributed by atoms with Crippen molar-refractivity contribution in [2.24, 2.45) is 0 Å². The summed E-state index contributed by atoms with van der Waals surface area (Å²) >= 11 is 0. The van der Waals surface area contributed by atoms with Crippen LogP contribution >= 0.6 is 0 Å².